The van der Waals surface area contributed by atoms with E-state index in [0.717, 1.165) is 44.5 Å². The summed E-state index contributed by atoms with van der Waals surface area (Å²) in [5.41, 5.74) is 1.56. The number of rotatable bonds is 1. The fourth-order valence-electron chi connectivity index (χ4n) is 7.96. The first kappa shape index (κ1) is 18.0. The van der Waals surface area contributed by atoms with Gasteiger partial charge in [-0.25, -0.2) is 0 Å². The van der Waals surface area contributed by atoms with Gasteiger partial charge in [0.05, 0.1) is 19.3 Å². The lowest BCUT2D eigenvalue weighted by Gasteiger charge is -2.61. The van der Waals surface area contributed by atoms with Gasteiger partial charge in [-0.1, -0.05) is 19.4 Å². The molecule has 3 nitrogen and oxygen atoms in total. The quantitative estimate of drug-likeness (QED) is 0.678. The van der Waals surface area contributed by atoms with Crippen LogP contribution in [0.5, 0.6) is 0 Å². The first-order valence-electron chi connectivity index (χ1n) is 10.7. The maximum absolute atomic E-state index is 10.7. The van der Waals surface area contributed by atoms with Gasteiger partial charge in [0.2, 0.25) is 0 Å². The molecule has 146 valence electrons. The molecule has 0 aromatic carbocycles. The average Bonchev–Trinajstić information content (AvgIpc) is 3.19. The summed E-state index contributed by atoms with van der Waals surface area (Å²) in [6, 6.07) is 0. The minimum atomic E-state index is -0.120. The zero-order valence-electron chi connectivity index (χ0n) is 16.2. The Kier molecular flexibility index (Phi) is 4.15. The van der Waals surface area contributed by atoms with Crippen LogP contribution in [0.1, 0.15) is 58.8 Å². The molecule has 0 aromatic rings. The average molecular weight is 379 g/mol. The van der Waals surface area contributed by atoms with Crippen molar-refractivity contribution >= 4 is 11.8 Å². The van der Waals surface area contributed by atoms with Gasteiger partial charge in [0.1, 0.15) is 4.93 Å². The fraction of sp³-hybridized carbons (Fsp3) is 0.909. The minimum Gasteiger partial charge on any atom is -0.395 e. The van der Waals surface area contributed by atoms with Gasteiger partial charge in [-0.05, 0) is 80.1 Å². The molecule has 5 rings (SSSR count). The SMILES string of the molecule is C[C@H]1CC2(C=C3CC[C@H]4[C@@H]5CC[C@H](O)[C@@]5(C)CC[C@@H]4[C@]31CO)OCCS2. The van der Waals surface area contributed by atoms with Crippen LogP contribution in [-0.4, -0.2) is 40.2 Å². The molecule has 4 aliphatic carbocycles. The van der Waals surface area contributed by atoms with Crippen molar-refractivity contribution in [1.29, 1.82) is 0 Å². The van der Waals surface area contributed by atoms with E-state index in [9.17, 15) is 10.2 Å². The van der Waals surface area contributed by atoms with Crippen molar-refractivity contribution in [3.05, 3.63) is 11.6 Å². The second-order valence-electron chi connectivity index (χ2n) is 10.0. The van der Waals surface area contributed by atoms with E-state index in [1.165, 1.54) is 18.4 Å². The van der Waals surface area contributed by atoms with Crippen LogP contribution in [0.4, 0.5) is 0 Å². The van der Waals surface area contributed by atoms with E-state index in [2.05, 4.69) is 19.9 Å². The first-order valence-corrected chi connectivity index (χ1v) is 11.7. The van der Waals surface area contributed by atoms with Crippen molar-refractivity contribution in [3.8, 4) is 0 Å². The third-order valence-electron chi connectivity index (χ3n) is 9.30. The standard InChI is InChI=1S/C22H34O3S/c1-14-11-21(25-9-10-26-21)12-15-3-4-16-17-5-6-19(24)20(17,2)8-7-18(16)22(14,15)13-23/h12,14,16-19,23-24H,3-11,13H2,1-2H3/t14-,16-,17-,18-,19-,20-,21?,22-/m0/s1. The summed E-state index contributed by atoms with van der Waals surface area (Å²) in [5.74, 6) is 3.44. The van der Waals surface area contributed by atoms with Gasteiger partial charge in [-0.15, -0.1) is 11.8 Å². The molecule has 4 fully saturated rings. The van der Waals surface area contributed by atoms with E-state index in [-0.39, 0.29) is 28.5 Å². The lowest BCUT2D eigenvalue weighted by atomic mass is 9.45. The minimum absolute atomic E-state index is 0.0461. The van der Waals surface area contributed by atoms with Crippen molar-refractivity contribution in [2.24, 2.45) is 34.5 Å². The van der Waals surface area contributed by atoms with E-state index in [1.54, 1.807) is 0 Å². The van der Waals surface area contributed by atoms with Crippen molar-refractivity contribution < 1.29 is 14.9 Å². The number of thioether (sulfide) groups is 1. The highest BCUT2D eigenvalue weighted by Crippen LogP contribution is 2.67. The topological polar surface area (TPSA) is 49.7 Å². The number of ether oxygens (including phenoxy) is 1. The monoisotopic (exact) mass is 378 g/mol. The van der Waals surface area contributed by atoms with Crippen LogP contribution >= 0.6 is 11.8 Å². The lowest BCUT2D eigenvalue weighted by Crippen LogP contribution is -2.57. The summed E-state index contributed by atoms with van der Waals surface area (Å²) in [6.45, 7) is 5.85. The first-order chi connectivity index (χ1) is 12.5. The zero-order chi connectivity index (χ0) is 18.2. The maximum Gasteiger partial charge on any atom is 0.133 e. The Labute approximate surface area is 162 Å². The predicted octanol–water partition coefficient (Wildman–Crippen LogP) is 3.99. The number of aliphatic hydroxyl groups excluding tert-OH is 2. The van der Waals surface area contributed by atoms with E-state index in [1.807, 2.05) is 11.8 Å². The number of fused-ring (bicyclic) bond motifs is 5. The molecule has 0 bridgehead atoms. The molecule has 3 saturated carbocycles. The molecule has 1 aliphatic heterocycles. The number of hydrogen-bond donors (Lipinski definition) is 2. The normalized spacial score (nSPS) is 56.0. The van der Waals surface area contributed by atoms with Crippen molar-refractivity contribution in [2.75, 3.05) is 19.0 Å². The van der Waals surface area contributed by atoms with E-state index in [0.29, 0.717) is 23.7 Å². The third kappa shape index (κ3) is 2.19. The molecule has 1 heterocycles. The Morgan fingerprint density at radius 3 is 2.81 bits per heavy atom. The van der Waals surface area contributed by atoms with Crippen LogP contribution < -0.4 is 0 Å². The smallest absolute Gasteiger partial charge is 0.133 e. The van der Waals surface area contributed by atoms with Gasteiger partial charge in [0.15, 0.2) is 0 Å². The fourth-order valence-corrected chi connectivity index (χ4v) is 9.24. The summed E-state index contributed by atoms with van der Waals surface area (Å²) < 4.78 is 6.20. The molecular formula is C22H34O3S. The second-order valence-corrected chi connectivity index (χ2v) is 11.4. The molecular weight excluding hydrogens is 344 g/mol. The van der Waals surface area contributed by atoms with Gasteiger partial charge in [0, 0.05) is 11.2 Å². The van der Waals surface area contributed by atoms with Gasteiger partial charge in [0.25, 0.3) is 0 Å². The highest BCUT2D eigenvalue weighted by molar-refractivity contribution is 8.00. The third-order valence-corrected chi connectivity index (χ3v) is 10.6. The molecule has 8 atom stereocenters. The molecule has 0 radical (unpaired) electrons. The Morgan fingerprint density at radius 1 is 1.23 bits per heavy atom. The van der Waals surface area contributed by atoms with Gasteiger partial charge in [-0.2, -0.15) is 0 Å². The highest BCUT2D eigenvalue weighted by atomic mass is 32.2. The molecule has 0 aromatic heterocycles. The van der Waals surface area contributed by atoms with Gasteiger partial charge >= 0.3 is 0 Å². The molecule has 1 saturated heterocycles. The highest BCUT2D eigenvalue weighted by Gasteiger charge is 2.62. The van der Waals surface area contributed by atoms with Gasteiger partial charge in [-0.3, -0.25) is 0 Å². The Morgan fingerprint density at radius 2 is 2.08 bits per heavy atom. The number of hydrogen-bond acceptors (Lipinski definition) is 4. The van der Waals surface area contributed by atoms with Crippen LogP contribution in [0, 0.1) is 34.5 Å². The largest absolute Gasteiger partial charge is 0.395 e. The molecule has 0 amide bonds. The number of aliphatic hydroxyl groups is 2. The zero-order valence-corrected chi connectivity index (χ0v) is 17.1. The van der Waals surface area contributed by atoms with Crippen molar-refractivity contribution in [2.45, 2.75) is 69.8 Å². The Bertz CT molecular complexity index is 613. The Hall–Kier alpha value is -0.0300. The van der Waals surface area contributed by atoms with E-state index in [4.69, 9.17) is 4.74 Å². The molecule has 2 N–H and O–H groups in total. The molecule has 1 spiro atoms. The predicted molar refractivity (Wildman–Crippen MR) is 105 cm³/mol. The Balaban J connectivity index is 1.54. The van der Waals surface area contributed by atoms with Crippen LogP contribution in [0.15, 0.2) is 11.6 Å². The van der Waals surface area contributed by atoms with Crippen LogP contribution in [0.3, 0.4) is 0 Å². The van der Waals surface area contributed by atoms with Crippen molar-refractivity contribution in [1.82, 2.24) is 0 Å². The summed E-state index contributed by atoms with van der Waals surface area (Å²) in [7, 11) is 0. The van der Waals surface area contributed by atoms with Gasteiger partial charge < -0.3 is 14.9 Å². The van der Waals surface area contributed by atoms with Crippen molar-refractivity contribution in [3.63, 3.8) is 0 Å². The maximum atomic E-state index is 10.7. The summed E-state index contributed by atoms with van der Waals surface area (Å²) in [5, 5.41) is 21.4. The van der Waals surface area contributed by atoms with E-state index < -0.39 is 0 Å². The molecule has 4 heteroatoms. The molecule has 26 heavy (non-hydrogen) atoms. The van der Waals surface area contributed by atoms with Crippen LogP contribution in [0.25, 0.3) is 0 Å². The summed E-state index contributed by atoms with van der Waals surface area (Å²) >= 11 is 1.97. The molecule has 1 unspecified atom stereocenters. The van der Waals surface area contributed by atoms with Crippen LogP contribution in [0.2, 0.25) is 0 Å². The molecule has 5 aliphatic rings. The lowest BCUT2D eigenvalue weighted by molar-refractivity contribution is -0.114. The van der Waals surface area contributed by atoms with Crippen LogP contribution in [-0.2, 0) is 4.74 Å². The summed E-state index contributed by atoms with van der Waals surface area (Å²) in [6.07, 6.45) is 10.1. The van der Waals surface area contributed by atoms with E-state index >= 15 is 0 Å². The summed E-state index contributed by atoms with van der Waals surface area (Å²) in [4.78, 5) is -0.118. The second kappa shape index (κ2) is 5.98.